The Morgan fingerprint density at radius 2 is 1.82 bits per heavy atom. The quantitative estimate of drug-likeness (QED) is 0.695. The number of hydrogen-bond acceptors (Lipinski definition) is 1. The van der Waals surface area contributed by atoms with Gasteiger partial charge in [-0.1, -0.05) is 0 Å². The molecule has 0 aliphatic rings. The molecule has 17 heavy (non-hydrogen) atoms. The summed E-state index contributed by atoms with van der Waals surface area (Å²) in [5.74, 6) is 0. The Labute approximate surface area is 95.3 Å². The summed E-state index contributed by atoms with van der Waals surface area (Å²) in [6, 6.07) is 4.55. The van der Waals surface area contributed by atoms with Gasteiger partial charge in [0, 0.05) is 24.2 Å². The van der Waals surface area contributed by atoms with Gasteiger partial charge in [-0.2, -0.15) is 13.2 Å². The molecule has 0 aliphatic carbocycles. The van der Waals surface area contributed by atoms with E-state index in [0.29, 0.717) is 11.2 Å². The Bertz CT molecular complexity index is 640. The molecule has 0 saturated carbocycles. The van der Waals surface area contributed by atoms with Crippen LogP contribution in [0, 0.1) is 6.92 Å². The zero-order valence-electron chi connectivity index (χ0n) is 9.30. The lowest BCUT2D eigenvalue weighted by Crippen LogP contribution is -2.11. The first-order chi connectivity index (χ1) is 7.80. The maximum Gasteiger partial charge on any atom is 0.416 e. The monoisotopic (exact) mass is 241 g/mol. The second kappa shape index (κ2) is 3.61. The van der Waals surface area contributed by atoms with E-state index < -0.39 is 11.7 Å². The number of rotatable bonds is 0. The molecule has 0 unspecified atom stereocenters. The molecule has 0 radical (unpaired) electrons. The van der Waals surface area contributed by atoms with Crippen LogP contribution in [0.5, 0.6) is 0 Å². The van der Waals surface area contributed by atoms with Gasteiger partial charge in [0.05, 0.1) is 11.1 Å². The third-order valence-electron chi connectivity index (χ3n) is 2.82. The highest BCUT2D eigenvalue weighted by Gasteiger charge is 2.30. The van der Waals surface area contributed by atoms with Crippen molar-refractivity contribution in [1.82, 2.24) is 4.57 Å². The summed E-state index contributed by atoms with van der Waals surface area (Å²) in [4.78, 5) is 11.7. The van der Waals surface area contributed by atoms with Crippen LogP contribution in [-0.2, 0) is 13.2 Å². The third kappa shape index (κ3) is 1.92. The Kier molecular flexibility index (Phi) is 2.49. The number of hydrogen-bond donors (Lipinski definition) is 0. The van der Waals surface area contributed by atoms with E-state index >= 15 is 0 Å². The van der Waals surface area contributed by atoms with Gasteiger partial charge in [0.15, 0.2) is 5.43 Å². The van der Waals surface area contributed by atoms with Gasteiger partial charge in [-0.25, -0.2) is 0 Å². The van der Waals surface area contributed by atoms with Crippen LogP contribution in [0.25, 0.3) is 10.9 Å². The van der Waals surface area contributed by atoms with E-state index in [1.807, 2.05) is 0 Å². The molecular weight excluding hydrogens is 231 g/mol. The fraction of sp³-hybridized carbons (Fsp3) is 0.250. The summed E-state index contributed by atoms with van der Waals surface area (Å²) < 4.78 is 39.2. The smallest absolute Gasteiger partial charge is 0.348 e. The average Bonchev–Trinajstić information content (AvgIpc) is 2.24. The van der Waals surface area contributed by atoms with Crippen molar-refractivity contribution in [2.75, 3.05) is 0 Å². The van der Waals surface area contributed by atoms with Crippen molar-refractivity contribution in [2.45, 2.75) is 13.1 Å². The second-order valence-corrected chi connectivity index (χ2v) is 3.94. The first kappa shape index (κ1) is 11.7. The molecule has 0 fully saturated rings. The fourth-order valence-electron chi connectivity index (χ4n) is 1.76. The number of benzene rings is 1. The van der Waals surface area contributed by atoms with Crippen molar-refractivity contribution in [3.63, 3.8) is 0 Å². The maximum absolute atomic E-state index is 12.5. The van der Waals surface area contributed by atoms with Crippen molar-refractivity contribution in [2.24, 2.45) is 7.05 Å². The number of pyridine rings is 1. The van der Waals surface area contributed by atoms with Crippen LogP contribution in [0.1, 0.15) is 11.3 Å². The molecule has 0 atom stereocenters. The topological polar surface area (TPSA) is 22.0 Å². The number of alkyl halides is 3. The van der Waals surface area contributed by atoms with Crippen LogP contribution in [0.4, 0.5) is 13.2 Å². The molecule has 2 rings (SSSR count). The molecule has 0 bridgehead atoms. The Hall–Kier alpha value is -1.78. The largest absolute Gasteiger partial charge is 0.416 e. The van der Waals surface area contributed by atoms with Crippen molar-refractivity contribution >= 4 is 10.9 Å². The Morgan fingerprint density at radius 3 is 2.41 bits per heavy atom. The van der Waals surface area contributed by atoms with Gasteiger partial charge < -0.3 is 4.57 Å². The predicted octanol–water partition coefficient (Wildman–Crippen LogP) is 2.87. The highest BCUT2D eigenvalue weighted by Crippen LogP contribution is 2.30. The summed E-state index contributed by atoms with van der Waals surface area (Å²) >= 11 is 0. The summed E-state index contributed by atoms with van der Waals surface area (Å²) in [5.41, 5.74) is 0.0258. The SMILES string of the molecule is Cc1cc(=O)c2cc(C(F)(F)F)ccc2n1C. The molecule has 0 aliphatic heterocycles. The molecule has 0 amide bonds. The Morgan fingerprint density at radius 1 is 1.18 bits per heavy atom. The minimum atomic E-state index is -4.43. The predicted molar refractivity (Wildman–Crippen MR) is 58.9 cm³/mol. The van der Waals surface area contributed by atoms with Crippen LogP contribution >= 0.6 is 0 Å². The molecule has 2 nitrogen and oxygen atoms in total. The molecule has 0 saturated heterocycles. The van der Waals surface area contributed by atoms with Crippen LogP contribution < -0.4 is 5.43 Å². The standard InChI is InChI=1S/C12H10F3NO/c1-7-5-11(17)9-6-8(12(13,14)15)3-4-10(9)16(7)2/h3-6H,1-2H3. The molecule has 1 heterocycles. The van der Waals surface area contributed by atoms with E-state index in [2.05, 4.69) is 0 Å². The van der Waals surface area contributed by atoms with Crippen LogP contribution in [0.3, 0.4) is 0 Å². The molecule has 5 heteroatoms. The van der Waals surface area contributed by atoms with E-state index in [4.69, 9.17) is 0 Å². The van der Waals surface area contributed by atoms with Crippen LogP contribution in [0.2, 0.25) is 0 Å². The lowest BCUT2D eigenvalue weighted by molar-refractivity contribution is -0.137. The van der Waals surface area contributed by atoms with Gasteiger partial charge >= 0.3 is 6.18 Å². The van der Waals surface area contributed by atoms with Gasteiger partial charge in [0.25, 0.3) is 0 Å². The van der Waals surface area contributed by atoms with Crippen LogP contribution in [-0.4, -0.2) is 4.57 Å². The number of nitrogens with zero attached hydrogens (tertiary/aromatic N) is 1. The number of fused-ring (bicyclic) bond motifs is 1. The van der Waals surface area contributed by atoms with Crippen molar-refractivity contribution < 1.29 is 13.2 Å². The fourth-order valence-corrected chi connectivity index (χ4v) is 1.76. The number of aromatic nitrogens is 1. The first-order valence-corrected chi connectivity index (χ1v) is 4.98. The zero-order valence-corrected chi connectivity index (χ0v) is 9.30. The summed E-state index contributed by atoms with van der Waals surface area (Å²) in [6.07, 6.45) is -4.43. The maximum atomic E-state index is 12.5. The van der Waals surface area contributed by atoms with E-state index in [1.165, 1.54) is 12.1 Å². The molecule has 0 N–H and O–H groups in total. The number of halogens is 3. The van der Waals surface area contributed by atoms with Gasteiger partial charge in [-0.3, -0.25) is 4.79 Å². The first-order valence-electron chi connectivity index (χ1n) is 4.98. The average molecular weight is 241 g/mol. The normalized spacial score (nSPS) is 12.1. The van der Waals surface area contributed by atoms with Gasteiger partial charge in [0.2, 0.25) is 0 Å². The highest BCUT2D eigenvalue weighted by molar-refractivity contribution is 5.80. The minimum absolute atomic E-state index is 0.0907. The lowest BCUT2D eigenvalue weighted by atomic mass is 10.1. The highest BCUT2D eigenvalue weighted by atomic mass is 19.4. The summed E-state index contributed by atoms with van der Waals surface area (Å²) in [5, 5.41) is 0.0907. The van der Waals surface area contributed by atoms with E-state index in [0.717, 1.165) is 12.1 Å². The third-order valence-corrected chi connectivity index (χ3v) is 2.82. The minimum Gasteiger partial charge on any atom is -0.348 e. The van der Waals surface area contributed by atoms with Crippen molar-refractivity contribution in [3.8, 4) is 0 Å². The molecule has 0 spiro atoms. The molecule has 2 aromatic rings. The molecular formula is C12H10F3NO. The Balaban J connectivity index is 2.84. The second-order valence-electron chi connectivity index (χ2n) is 3.94. The van der Waals surface area contributed by atoms with Crippen LogP contribution in [0.15, 0.2) is 29.1 Å². The van der Waals surface area contributed by atoms with Gasteiger partial charge in [-0.15, -0.1) is 0 Å². The van der Waals surface area contributed by atoms with Crippen molar-refractivity contribution in [1.29, 1.82) is 0 Å². The van der Waals surface area contributed by atoms with Crippen molar-refractivity contribution in [3.05, 3.63) is 45.7 Å². The molecule has 90 valence electrons. The van der Waals surface area contributed by atoms with E-state index in [-0.39, 0.29) is 10.8 Å². The van der Waals surface area contributed by atoms with Gasteiger partial charge in [-0.05, 0) is 25.1 Å². The number of aryl methyl sites for hydroxylation is 2. The summed E-state index contributed by atoms with van der Waals surface area (Å²) in [6.45, 7) is 1.73. The summed E-state index contributed by atoms with van der Waals surface area (Å²) in [7, 11) is 1.71. The van der Waals surface area contributed by atoms with Gasteiger partial charge in [0.1, 0.15) is 0 Å². The molecule has 1 aromatic heterocycles. The molecule has 1 aromatic carbocycles. The lowest BCUT2D eigenvalue weighted by Gasteiger charge is -2.11. The van der Waals surface area contributed by atoms with E-state index in [1.54, 1.807) is 18.5 Å². The zero-order chi connectivity index (χ0) is 12.8. The van der Waals surface area contributed by atoms with E-state index in [9.17, 15) is 18.0 Å².